The number of aliphatic imine (C=N–C) groups is 1. The van der Waals surface area contributed by atoms with Crippen LogP contribution in [0.1, 0.15) is 45.2 Å². The van der Waals surface area contributed by atoms with E-state index < -0.39 is 60.2 Å². The van der Waals surface area contributed by atoms with Gasteiger partial charge in [0.25, 0.3) is 0 Å². The van der Waals surface area contributed by atoms with Gasteiger partial charge in [-0.15, -0.1) is 0 Å². The quantitative estimate of drug-likeness (QED) is 0.0543. The number of nitrogens with zero attached hydrogens (tertiary/aromatic N) is 2. The Kier molecular flexibility index (Phi) is 13.2. The number of aromatic nitrogens is 2. The molecule has 1 rings (SSSR count). The second-order valence-electron chi connectivity index (χ2n) is 8.84. The van der Waals surface area contributed by atoms with Gasteiger partial charge in [-0.3, -0.25) is 24.2 Å². The fourth-order valence-electron chi connectivity index (χ4n) is 3.39. The zero-order chi connectivity index (χ0) is 28.8. The summed E-state index contributed by atoms with van der Waals surface area (Å²) in [5, 5.41) is 16.8. The number of primary amides is 1. The molecule has 13 N–H and O–H groups in total. The molecule has 38 heavy (non-hydrogen) atoms. The number of carboxylic acids is 1. The van der Waals surface area contributed by atoms with Crippen molar-refractivity contribution in [2.45, 2.75) is 70.1 Å². The van der Waals surface area contributed by atoms with Gasteiger partial charge in [-0.1, -0.05) is 20.3 Å². The summed E-state index contributed by atoms with van der Waals surface area (Å²) in [6.45, 7) is 3.66. The monoisotopic (exact) mass is 538 g/mol. The van der Waals surface area contributed by atoms with Crippen molar-refractivity contribution in [1.82, 2.24) is 25.9 Å². The maximum absolute atomic E-state index is 13.1. The minimum Gasteiger partial charge on any atom is -0.480 e. The highest BCUT2D eigenvalue weighted by Gasteiger charge is 2.33. The van der Waals surface area contributed by atoms with Crippen molar-refractivity contribution in [2.24, 2.45) is 33.8 Å². The first kappa shape index (κ1) is 31.8. The molecule has 5 unspecified atom stereocenters. The van der Waals surface area contributed by atoms with Crippen molar-refractivity contribution >= 4 is 35.6 Å². The average Bonchev–Trinajstić information content (AvgIpc) is 3.35. The molecule has 0 radical (unpaired) electrons. The molecule has 0 saturated carbocycles. The third-order valence-corrected chi connectivity index (χ3v) is 5.72. The zero-order valence-electron chi connectivity index (χ0n) is 21.5. The van der Waals surface area contributed by atoms with Crippen molar-refractivity contribution in [3.05, 3.63) is 18.2 Å². The van der Waals surface area contributed by atoms with Crippen molar-refractivity contribution in [1.29, 1.82) is 0 Å². The summed E-state index contributed by atoms with van der Waals surface area (Å²) in [5.41, 5.74) is 22.3. The van der Waals surface area contributed by atoms with Crippen LogP contribution in [0.3, 0.4) is 0 Å². The van der Waals surface area contributed by atoms with E-state index in [1.165, 1.54) is 12.5 Å². The summed E-state index contributed by atoms with van der Waals surface area (Å²) in [5.74, 6) is -5.08. The lowest BCUT2D eigenvalue weighted by atomic mass is 9.97. The number of carboxylic acid groups (broad SMARTS) is 1. The lowest BCUT2D eigenvalue weighted by Gasteiger charge is -2.27. The Morgan fingerprint density at radius 1 is 1.05 bits per heavy atom. The first-order chi connectivity index (χ1) is 17.8. The third-order valence-electron chi connectivity index (χ3n) is 5.72. The lowest BCUT2D eigenvalue weighted by Crippen LogP contribution is -2.59. The van der Waals surface area contributed by atoms with Crippen LogP contribution >= 0.6 is 0 Å². The number of hydrogen-bond acceptors (Lipinski definition) is 8. The summed E-state index contributed by atoms with van der Waals surface area (Å²) in [6.07, 6.45) is 3.21. The van der Waals surface area contributed by atoms with Crippen LogP contribution in [-0.2, 0) is 30.4 Å². The number of guanidine groups is 1. The van der Waals surface area contributed by atoms with E-state index in [-0.39, 0.29) is 37.7 Å². The van der Waals surface area contributed by atoms with E-state index >= 15 is 0 Å². The predicted molar refractivity (Wildman–Crippen MR) is 137 cm³/mol. The van der Waals surface area contributed by atoms with Gasteiger partial charge in [0.1, 0.15) is 18.1 Å². The van der Waals surface area contributed by atoms with Gasteiger partial charge >= 0.3 is 5.97 Å². The zero-order valence-corrected chi connectivity index (χ0v) is 21.5. The van der Waals surface area contributed by atoms with Crippen LogP contribution in [0.5, 0.6) is 0 Å². The SMILES string of the molecule is CCC(C)C(NC(=O)C(N)Cc1cnc[nH]1)C(=O)NC(CC(N)=O)C(=O)NC(CCCN=C(N)N)C(=O)O. The topological polar surface area (TPSA) is 287 Å². The van der Waals surface area contributed by atoms with Crippen LogP contribution in [0.4, 0.5) is 0 Å². The van der Waals surface area contributed by atoms with E-state index in [0.29, 0.717) is 12.1 Å². The fraction of sp³-hybridized carbons (Fsp3) is 0.591. The standard InChI is InChI=1S/C22H38N10O6/c1-3-11(2)17(32-18(34)13(23)7-12-9-27-10-29-12)20(36)31-15(8-16(24)33)19(35)30-14(21(37)38)5-4-6-28-22(25)26/h9-11,13-15,17H,3-8,23H2,1-2H3,(H2,24,33)(H,27,29)(H,30,35)(H,31,36)(H,32,34)(H,37,38)(H4,25,26,28). The van der Waals surface area contributed by atoms with Gasteiger partial charge < -0.3 is 49.0 Å². The van der Waals surface area contributed by atoms with E-state index in [1.807, 2.05) is 0 Å². The second-order valence-corrected chi connectivity index (χ2v) is 8.84. The van der Waals surface area contributed by atoms with Gasteiger partial charge in [0.2, 0.25) is 23.6 Å². The summed E-state index contributed by atoms with van der Waals surface area (Å²) >= 11 is 0. The predicted octanol–water partition coefficient (Wildman–Crippen LogP) is -3.21. The lowest BCUT2D eigenvalue weighted by molar-refractivity contribution is -0.142. The summed E-state index contributed by atoms with van der Waals surface area (Å²) in [6, 6.07) is -4.91. The maximum atomic E-state index is 13.1. The Morgan fingerprint density at radius 3 is 2.24 bits per heavy atom. The minimum atomic E-state index is -1.48. The summed E-state index contributed by atoms with van der Waals surface area (Å²) < 4.78 is 0. The number of aliphatic carboxylic acids is 1. The summed E-state index contributed by atoms with van der Waals surface area (Å²) in [4.78, 5) is 72.4. The molecule has 16 heteroatoms. The molecule has 0 aliphatic rings. The van der Waals surface area contributed by atoms with E-state index in [1.54, 1.807) is 13.8 Å². The normalized spacial score (nSPS) is 14.7. The number of imidazole rings is 1. The molecule has 0 aromatic carbocycles. The van der Waals surface area contributed by atoms with Gasteiger partial charge in [-0.2, -0.15) is 0 Å². The maximum Gasteiger partial charge on any atom is 0.326 e. The van der Waals surface area contributed by atoms with Crippen LogP contribution in [0, 0.1) is 5.92 Å². The number of nitrogens with one attached hydrogen (secondary N) is 4. The largest absolute Gasteiger partial charge is 0.480 e. The van der Waals surface area contributed by atoms with Crippen molar-refractivity contribution in [3.8, 4) is 0 Å². The second kappa shape index (κ2) is 15.8. The minimum absolute atomic E-state index is 0.0190. The molecule has 0 bridgehead atoms. The Morgan fingerprint density at radius 2 is 1.71 bits per heavy atom. The van der Waals surface area contributed by atoms with E-state index in [0.717, 1.165) is 0 Å². The Hall–Kier alpha value is -4.21. The number of rotatable bonds is 17. The fourth-order valence-corrected chi connectivity index (χ4v) is 3.39. The van der Waals surface area contributed by atoms with Crippen molar-refractivity contribution < 1.29 is 29.1 Å². The van der Waals surface area contributed by atoms with Gasteiger partial charge in [-0.25, -0.2) is 9.78 Å². The van der Waals surface area contributed by atoms with E-state index in [2.05, 4.69) is 30.9 Å². The number of carbonyl (C=O) groups is 5. The van der Waals surface area contributed by atoms with Crippen LogP contribution in [-0.4, -0.2) is 81.3 Å². The molecule has 212 valence electrons. The molecule has 1 heterocycles. The number of carbonyl (C=O) groups excluding carboxylic acids is 4. The van der Waals surface area contributed by atoms with Crippen LogP contribution in [0.15, 0.2) is 17.5 Å². The first-order valence-electron chi connectivity index (χ1n) is 12.1. The number of H-pyrrole nitrogens is 1. The highest BCUT2D eigenvalue weighted by atomic mass is 16.4. The molecule has 0 spiro atoms. The van der Waals surface area contributed by atoms with Gasteiger partial charge in [0, 0.05) is 24.9 Å². The number of aromatic amines is 1. The van der Waals surface area contributed by atoms with E-state index in [4.69, 9.17) is 22.9 Å². The molecule has 0 saturated heterocycles. The van der Waals surface area contributed by atoms with Crippen LogP contribution < -0.4 is 38.9 Å². The molecule has 0 aliphatic carbocycles. The smallest absolute Gasteiger partial charge is 0.326 e. The average molecular weight is 539 g/mol. The van der Waals surface area contributed by atoms with Crippen molar-refractivity contribution in [3.63, 3.8) is 0 Å². The van der Waals surface area contributed by atoms with Crippen LogP contribution in [0.25, 0.3) is 0 Å². The highest BCUT2D eigenvalue weighted by molar-refractivity contribution is 5.96. The first-order valence-corrected chi connectivity index (χ1v) is 12.1. The molecule has 4 amide bonds. The Labute approximate surface area is 219 Å². The third kappa shape index (κ3) is 11.2. The van der Waals surface area contributed by atoms with Crippen LogP contribution in [0.2, 0.25) is 0 Å². The Balaban J connectivity index is 2.94. The molecule has 5 atom stereocenters. The molecule has 1 aromatic heterocycles. The van der Waals surface area contributed by atoms with Gasteiger partial charge in [0.15, 0.2) is 5.96 Å². The molecule has 0 aliphatic heterocycles. The molecule has 1 aromatic rings. The Bertz CT molecular complexity index is 979. The molecule has 0 fully saturated rings. The molecular weight excluding hydrogens is 500 g/mol. The number of amides is 4. The van der Waals surface area contributed by atoms with Gasteiger partial charge in [0.05, 0.1) is 18.8 Å². The number of hydrogen-bond donors (Lipinski definition) is 9. The number of nitrogens with two attached hydrogens (primary N) is 4. The highest BCUT2D eigenvalue weighted by Crippen LogP contribution is 2.10. The van der Waals surface area contributed by atoms with E-state index in [9.17, 15) is 29.1 Å². The van der Waals surface area contributed by atoms with Crippen molar-refractivity contribution in [2.75, 3.05) is 6.54 Å². The van der Waals surface area contributed by atoms with Gasteiger partial charge in [-0.05, 0) is 18.8 Å². The molecular formula is C22H38N10O6. The molecule has 16 nitrogen and oxygen atoms in total. The summed E-state index contributed by atoms with van der Waals surface area (Å²) in [7, 11) is 0.